The third kappa shape index (κ3) is 4.75. The molecule has 0 saturated carbocycles. The van der Waals surface area contributed by atoms with Crippen LogP contribution in [-0.4, -0.2) is 20.9 Å². The van der Waals surface area contributed by atoms with E-state index in [4.69, 9.17) is 11.6 Å². The van der Waals surface area contributed by atoms with Crippen molar-refractivity contribution < 1.29 is 17.6 Å². The third-order valence-electron chi connectivity index (χ3n) is 3.01. The van der Waals surface area contributed by atoms with Crippen molar-refractivity contribution in [2.45, 2.75) is 11.8 Å². The second kappa shape index (κ2) is 7.08. The Balaban J connectivity index is 1.99. The third-order valence-corrected chi connectivity index (χ3v) is 4.66. The average molecular weight is 357 g/mol. The lowest BCUT2D eigenvalue weighted by Gasteiger charge is -2.10. The lowest BCUT2D eigenvalue weighted by atomic mass is 10.2. The number of carbonyl (C=O) groups is 1. The van der Waals surface area contributed by atoms with Gasteiger partial charge in [-0.1, -0.05) is 11.6 Å². The lowest BCUT2D eigenvalue weighted by molar-refractivity contribution is -0.115. The number of carbonyl (C=O) groups excluding carboxylic acids is 1. The monoisotopic (exact) mass is 356 g/mol. The molecule has 2 rings (SSSR count). The minimum absolute atomic E-state index is 0.116. The van der Waals surface area contributed by atoms with Crippen molar-refractivity contribution in [2.75, 3.05) is 11.9 Å². The van der Waals surface area contributed by atoms with Crippen LogP contribution in [0, 0.1) is 12.7 Å². The number of halogens is 2. The molecule has 1 amide bonds. The van der Waals surface area contributed by atoms with Gasteiger partial charge in [0, 0.05) is 10.7 Å². The Morgan fingerprint density at radius 2 is 1.83 bits per heavy atom. The van der Waals surface area contributed by atoms with Crippen LogP contribution in [0.3, 0.4) is 0 Å². The number of benzene rings is 2. The SMILES string of the molecule is Cc1cc(Cl)ccc1NC(=O)CNS(=O)(=O)c1ccc(F)cc1. The summed E-state index contributed by atoms with van der Waals surface area (Å²) in [5, 5.41) is 3.13. The molecule has 0 aliphatic heterocycles. The molecule has 0 heterocycles. The summed E-state index contributed by atoms with van der Waals surface area (Å²) in [5.74, 6) is -1.07. The number of hydrogen-bond donors (Lipinski definition) is 2. The molecular weight excluding hydrogens is 343 g/mol. The zero-order chi connectivity index (χ0) is 17.0. The smallest absolute Gasteiger partial charge is 0.241 e. The summed E-state index contributed by atoms with van der Waals surface area (Å²) in [4.78, 5) is 11.7. The van der Waals surface area contributed by atoms with Gasteiger partial charge in [-0.3, -0.25) is 4.79 Å². The maximum Gasteiger partial charge on any atom is 0.241 e. The van der Waals surface area contributed by atoms with Gasteiger partial charge < -0.3 is 5.32 Å². The molecule has 2 N–H and O–H groups in total. The van der Waals surface area contributed by atoms with Crippen molar-refractivity contribution in [3.63, 3.8) is 0 Å². The first-order chi connectivity index (χ1) is 10.8. The van der Waals surface area contributed by atoms with Crippen LogP contribution < -0.4 is 10.0 Å². The van der Waals surface area contributed by atoms with Gasteiger partial charge in [-0.25, -0.2) is 17.5 Å². The van der Waals surface area contributed by atoms with E-state index in [0.717, 1.165) is 29.8 Å². The molecule has 2 aromatic rings. The number of nitrogens with one attached hydrogen (secondary N) is 2. The Bertz CT molecular complexity index is 823. The van der Waals surface area contributed by atoms with E-state index < -0.39 is 28.3 Å². The van der Waals surface area contributed by atoms with Crippen molar-refractivity contribution in [2.24, 2.45) is 0 Å². The maximum atomic E-state index is 12.8. The first-order valence-electron chi connectivity index (χ1n) is 6.59. The minimum atomic E-state index is -3.88. The molecule has 0 radical (unpaired) electrons. The summed E-state index contributed by atoms with van der Waals surface area (Å²) in [5.41, 5.74) is 1.30. The maximum absolute atomic E-state index is 12.8. The van der Waals surface area contributed by atoms with Crippen LogP contribution in [0.5, 0.6) is 0 Å². The van der Waals surface area contributed by atoms with E-state index in [2.05, 4.69) is 10.0 Å². The van der Waals surface area contributed by atoms with Gasteiger partial charge in [0.05, 0.1) is 11.4 Å². The summed E-state index contributed by atoms with van der Waals surface area (Å²) in [6.45, 7) is 1.33. The summed E-state index contributed by atoms with van der Waals surface area (Å²) in [6.07, 6.45) is 0. The summed E-state index contributed by atoms with van der Waals surface area (Å²) in [6, 6.07) is 9.24. The van der Waals surface area contributed by atoms with Crippen LogP contribution in [0.15, 0.2) is 47.4 Å². The molecule has 0 aliphatic carbocycles. The van der Waals surface area contributed by atoms with Crippen LogP contribution in [0.2, 0.25) is 5.02 Å². The van der Waals surface area contributed by atoms with Crippen molar-refractivity contribution in [1.29, 1.82) is 0 Å². The van der Waals surface area contributed by atoms with Gasteiger partial charge in [0.15, 0.2) is 0 Å². The zero-order valence-electron chi connectivity index (χ0n) is 12.1. The van der Waals surface area contributed by atoms with E-state index in [1.54, 1.807) is 25.1 Å². The molecule has 5 nitrogen and oxygen atoms in total. The van der Waals surface area contributed by atoms with E-state index in [-0.39, 0.29) is 4.90 Å². The Labute approximate surface area is 138 Å². The van der Waals surface area contributed by atoms with Gasteiger partial charge in [0.2, 0.25) is 15.9 Å². The molecular formula is C15H14ClFN2O3S. The summed E-state index contributed by atoms with van der Waals surface area (Å²) < 4.78 is 38.9. The van der Waals surface area contributed by atoms with Crippen LogP contribution in [0.1, 0.15) is 5.56 Å². The molecule has 23 heavy (non-hydrogen) atoms. The largest absolute Gasteiger partial charge is 0.325 e. The number of anilines is 1. The van der Waals surface area contributed by atoms with Crippen LogP contribution >= 0.6 is 11.6 Å². The van der Waals surface area contributed by atoms with Crippen LogP contribution in [-0.2, 0) is 14.8 Å². The van der Waals surface area contributed by atoms with Gasteiger partial charge in [-0.05, 0) is 55.0 Å². The number of rotatable bonds is 5. The van der Waals surface area contributed by atoms with Crippen molar-refractivity contribution >= 4 is 33.2 Å². The van der Waals surface area contributed by atoms with Crippen LogP contribution in [0.25, 0.3) is 0 Å². The fourth-order valence-corrected chi connectivity index (χ4v) is 3.03. The fraction of sp³-hybridized carbons (Fsp3) is 0.133. The van der Waals surface area contributed by atoms with E-state index in [1.807, 2.05) is 0 Å². The fourth-order valence-electron chi connectivity index (χ4n) is 1.82. The summed E-state index contributed by atoms with van der Waals surface area (Å²) >= 11 is 5.82. The summed E-state index contributed by atoms with van der Waals surface area (Å²) in [7, 11) is -3.88. The Morgan fingerprint density at radius 3 is 2.43 bits per heavy atom. The highest BCUT2D eigenvalue weighted by Crippen LogP contribution is 2.19. The highest BCUT2D eigenvalue weighted by atomic mass is 35.5. The molecule has 0 spiro atoms. The molecule has 0 aromatic heterocycles. The number of sulfonamides is 1. The van der Waals surface area contributed by atoms with Crippen molar-refractivity contribution in [3.8, 4) is 0 Å². The molecule has 0 bridgehead atoms. The number of amides is 1. The van der Waals surface area contributed by atoms with Gasteiger partial charge in [-0.15, -0.1) is 0 Å². The predicted octanol–water partition coefficient (Wildman–Crippen LogP) is 2.70. The highest BCUT2D eigenvalue weighted by Gasteiger charge is 2.15. The number of hydrogen-bond acceptors (Lipinski definition) is 3. The van der Waals surface area contributed by atoms with Gasteiger partial charge in [0.1, 0.15) is 5.82 Å². The number of aryl methyl sites for hydroxylation is 1. The first kappa shape index (κ1) is 17.4. The van der Waals surface area contributed by atoms with Gasteiger partial charge >= 0.3 is 0 Å². The standard InChI is InChI=1S/C15H14ClFN2O3S/c1-10-8-11(16)2-7-14(10)19-15(20)9-18-23(21,22)13-5-3-12(17)4-6-13/h2-8,18H,9H2,1H3,(H,19,20). The second-order valence-electron chi connectivity index (χ2n) is 4.79. The Morgan fingerprint density at radius 1 is 1.17 bits per heavy atom. The molecule has 0 atom stereocenters. The van der Waals surface area contributed by atoms with Crippen molar-refractivity contribution in [3.05, 3.63) is 58.9 Å². The molecule has 0 fully saturated rings. The average Bonchev–Trinajstić information content (AvgIpc) is 2.49. The minimum Gasteiger partial charge on any atom is -0.325 e. The van der Waals surface area contributed by atoms with Crippen LogP contribution in [0.4, 0.5) is 10.1 Å². The highest BCUT2D eigenvalue weighted by molar-refractivity contribution is 7.89. The van der Waals surface area contributed by atoms with Crippen molar-refractivity contribution in [1.82, 2.24) is 4.72 Å². The van der Waals surface area contributed by atoms with Gasteiger partial charge in [0.25, 0.3) is 0 Å². The molecule has 122 valence electrons. The Hall–Kier alpha value is -1.96. The molecule has 0 unspecified atom stereocenters. The predicted molar refractivity (Wildman–Crippen MR) is 86.4 cm³/mol. The topological polar surface area (TPSA) is 75.3 Å². The van der Waals surface area contributed by atoms with Gasteiger partial charge in [-0.2, -0.15) is 0 Å². The normalized spacial score (nSPS) is 11.3. The van der Waals surface area contributed by atoms with E-state index in [0.29, 0.717) is 10.7 Å². The van der Waals surface area contributed by atoms with E-state index in [9.17, 15) is 17.6 Å². The zero-order valence-corrected chi connectivity index (χ0v) is 13.7. The first-order valence-corrected chi connectivity index (χ1v) is 8.45. The molecule has 2 aromatic carbocycles. The lowest BCUT2D eigenvalue weighted by Crippen LogP contribution is -2.33. The quantitative estimate of drug-likeness (QED) is 0.864. The molecule has 0 saturated heterocycles. The van der Waals surface area contributed by atoms with E-state index >= 15 is 0 Å². The molecule has 8 heteroatoms. The second-order valence-corrected chi connectivity index (χ2v) is 6.99. The van der Waals surface area contributed by atoms with E-state index in [1.165, 1.54) is 0 Å². The Kier molecular flexibility index (Phi) is 5.35. The molecule has 0 aliphatic rings.